The number of likely N-dealkylation sites (tertiary alicyclic amines) is 1. The van der Waals surface area contributed by atoms with Crippen molar-refractivity contribution in [1.82, 2.24) is 14.8 Å². The minimum atomic E-state index is -4.36. The van der Waals surface area contributed by atoms with Crippen molar-refractivity contribution in [2.75, 3.05) is 19.6 Å². The Morgan fingerprint density at radius 1 is 1.50 bits per heavy atom. The van der Waals surface area contributed by atoms with Gasteiger partial charge in [0.1, 0.15) is 6.54 Å². The summed E-state index contributed by atoms with van der Waals surface area (Å²) in [4.78, 5) is 13.5. The largest absolute Gasteiger partial charge is 0.405 e. The van der Waals surface area contributed by atoms with Crippen LogP contribution in [0.2, 0.25) is 0 Å². The third kappa shape index (κ3) is 3.75. The zero-order valence-corrected chi connectivity index (χ0v) is 11.3. The van der Waals surface area contributed by atoms with E-state index in [2.05, 4.69) is 0 Å². The number of alkyl halides is 3. The standard InChI is InChI=1S/C13H18F3N3O/c1-18-6-2-4-10(18)11-5-3-7-19(11)8-12(20)17-9-13(14,15)16/h2,4,6,11H,3,5,7-9H2,1H3,(H,17,20)/t11-/m0/s1. The lowest BCUT2D eigenvalue weighted by Gasteiger charge is -2.24. The molecule has 4 nitrogen and oxygen atoms in total. The second-order valence-electron chi connectivity index (χ2n) is 5.06. The molecule has 1 atom stereocenters. The maximum absolute atomic E-state index is 12.1. The molecule has 0 radical (unpaired) electrons. The van der Waals surface area contributed by atoms with E-state index in [0.29, 0.717) is 0 Å². The number of hydrogen-bond acceptors (Lipinski definition) is 2. The number of aromatic nitrogens is 1. The number of halogens is 3. The molecule has 1 aromatic rings. The molecule has 1 saturated heterocycles. The summed E-state index contributed by atoms with van der Waals surface area (Å²) in [5.74, 6) is -0.580. The predicted octanol–water partition coefficient (Wildman–Crippen LogP) is 1.84. The summed E-state index contributed by atoms with van der Waals surface area (Å²) >= 11 is 0. The zero-order valence-electron chi connectivity index (χ0n) is 11.3. The molecule has 2 rings (SSSR count). The Labute approximate surface area is 115 Å². The zero-order chi connectivity index (χ0) is 14.8. The van der Waals surface area contributed by atoms with Crippen LogP contribution in [0.15, 0.2) is 18.3 Å². The van der Waals surface area contributed by atoms with Crippen molar-refractivity contribution in [2.24, 2.45) is 7.05 Å². The Morgan fingerprint density at radius 2 is 2.25 bits per heavy atom. The van der Waals surface area contributed by atoms with Gasteiger partial charge >= 0.3 is 6.18 Å². The lowest BCUT2D eigenvalue weighted by molar-refractivity contribution is -0.139. The monoisotopic (exact) mass is 289 g/mol. The number of hydrogen-bond donors (Lipinski definition) is 1. The molecule has 0 saturated carbocycles. The molecule has 0 aliphatic carbocycles. The van der Waals surface area contributed by atoms with Crippen molar-refractivity contribution in [2.45, 2.75) is 25.1 Å². The molecule has 1 aliphatic heterocycles. The highest BCUT2D eigenvalue weighted by Crippen LogP contribution is 2.31. The van der Waals surface area contributed by atoms with E-state index in [9.17, 15) is 18.0 Å². The first-order valence-electron chi connectivity index (χ1n) is 6.55. The highest BCUT2D eigenvalue weighted by atomic mass is 19.4. The quantitative estimate of drug-likeness (QED) is 0.918. The molecule has 0 spiro atoms. The van der Waals surface area contributed by atoms with Gasteiger partial charge in [-0.2, -0.15) is 13.2 Å². The molecule has 1 amide bonds. The number of carbonyl (C=O) groups excluding carboxylic acids is 1. The Hall–Kier alpha value is -1.50. The van der Waals surface area contributed by atoms with Crippen molar-refractivity contribution >= 4 is 5.91 Å². The molecular formula is C13H18F3N3O. The van der Waals surface area contributed by atoms with Crippen molar-refractivity contribution in [3.63, 3.8) is 0 Å². The molecule has 0 bridgehead atoms. The summed E-state index contributed by atoms with van der Waals surface area (Å²) in [6.45, 7) is -0.532. The highest BCUT2D eigenvalue weighted by molar-refractivity contribution is 5.78. The van der Waals surface area contributed by atoms with Gasteiger partial charge < -0.3 is 9.88 Å². The smallest absolute Gasteiger partial charge is 0.353 e. The lowest BCUT2D eigenvalue weighted by Crippen LogP contribution is -2.41. The SMILES string of the molecule is Cn1cccc1[C@@H]1CCCN1CC(=O)NCC(F)(F)F. The van der Waals surface area contributed by atoms with Gasteiger partial charge in [-0.3, -0.25) is 9.69 Å². The van der Waals surface area contributed by atoms with Gasteiger partial charge in [0, 0.05) is 18.9 Å². The summed E-state index contributed by atoms with van der Waals surface area (Å²) in [6, 6.07) is 4.01. The predicted molar refractivity (Wildman–Crippen MR) is 68.0 cm³/mol. The van der Waals surface area contributed by atoms with E-state index in [-0.39, 0.29) is 12.6 Å². The first-order chi connectivity index (χ1) is 9.37. The van der Waals surface area contributed by atoms with Crippen LogP contribution in [0.5, 0.6) is 0 Å². The molecule has 1 fully saturated rings. The van der Waals surface area contributed by atoms with Crippen molar-refractivity contribution in [3.05, 3.63) is 24.0 Å². The van der Waals surface area contributed by atoms with Crippen molar-refractivity contribution in [1.29, 1.82) is 0 Å². The van der Waals surface area contributed by atoms with Crippen LogP contribution in [0.25, 0.3) is 0 Å². The van der Waals surface area contributed by atoms with Gasteiger partial charge in [-0.1, -0.05) is 0 Å². The van der Waals surface area contributed by atoms with E-state index in [1.165, 1.54) is 0 Å². The third-order valence-corrected chi connectivity index (χ3v) is 3.52. The van der Waals surface area contributed by atoms with Crippen LogP contribution in [-0.2, 0) is 11.8 Å². The summed E-state index contributed by atoms with van der Waals surface area (Å²) in [5.41, 5.74) is 1.09. The van der Waals surface area contributed by atoms with Gasteiger partial charge in [0.15, 0.2) is 0 Å². The molecule has 7 heteroatoms. The molecule has 1 aliphatic rings. The number of rotatable bonds is 4. The molecule has 1 N–H and O–H groups in total. The first kappa shape index (κ1) is 14.9. The van der Waals surface area contributed by atoms with Gasteiger partial charge in [-0.15, -0.1) is 0 Å². The number of carbonyl (C=O) groups is 1. The van der Waals surface area contributed by atoms with E-state index >= 15 is 0 Å². The number of nitrogens with one attached hydrogen (secondary N) is 1. The number of nitrogens with zero attached hydrogens (tertiary/aromatic N) is 2. The molecule has 20 heavy (non-hydrogen) atoms. The van der Waals surface area contributed by atoms with Crippen LogP contribution >= 0.6 is 0 Å². The van der Waals surface area contributed by atoms with Crippen LogP contribution in [0, 0.1) is 0 Å². The van der Waals surface area contributed by atoms with Gasteiger partial charge in [0.2, 0.25) is 5.91 Å². The summed E-state index contributed by atoms with van der Waals surface area (Å²) < 4.78 is 38.1. The molecule has 0 aromatic carbocycles. The topological polar surface area (TPSA) is 37.3 Å². The van der Waals surface area contributed by atoms with E-state index < -0.39 is 18.6 Å². The number of aryl methyl sites for hydroxylation is 1. The second-order valence-corrected chi connectivity index (χ2v) is 5.06. The van der Waals surface area contributed by atoms with Crippen LogP contribution in [0.3, 0.4) is 0 Å². The maximum Gasteiger partial charge on any atom is 0.405 e. The van der Waals surface area contributed by atoms with Crippen LogP contribution in [0.1, 0.15) is 24.6 Å². The Balaban J connectivity index is 1.92. The van der Waals surface area contributed by atoms with Gasteiger partial charge in [0.25, 0.3) is 0 Å². The van der Waals surface area contributed by atoms with Gasteiger partial charge in [0.05, 0.1) is 12.6 Å². The van der Waals surface area contributed by atoms with Crippen molar-refractivity contribution < 1.29 is 18.0 Å². The molecule has 112 valence electrons. The summed E-state index contributed by atoms with van der Waals surface area (Å²) in [6.07, 6.45) is -0.569. The fourth-order valence-corrected chi connectivity index (χ4v) is 2.61. The normalized spacial score (nSPS) is 20.3. The Kier molecular flexibility index (Phi) is 4.37. The third-order valence-electron chi connectivity index (χ3n) is 3.52. The van der Waals surface area contributed by atoms with E-state index in [0.717, 1.165) is 25.1 Å². The summed E-state index contributed by atoms with van der Waals surface area (Å²) in [5, 5.41) is 1.92. The van der Waals surface area contributed by atoms with Crippen LogP contribution in [-0.4, -0.2) is 41.2 Å². The fraction of sp³-hybridized carbons (Fsp3) is 0.615. The highest BCUT2D eigenvalue weighted by Gasteiger charge is 2.31. The van der Waals surface area contributed by atoms with E-state index in [1.807, 2.05) is 40.2 Å². The Bertz CT molecular complexity index is 470. The average molecular weight is 289 g/mol. The molecule has 0 unspecified atom stereocenters. The van der Waals surface area contributed by atoms with Gasteiger partial charge in [-0.05, 0) is 31.5 Å². The van der Waals surface area contributed by atoms with E-state index in [4.69, 9.17) is 0 Å². The number of amides is 1. The fourth-order valence-electron chi connectivity index (χ4n) is 2.61. The summed E-state index contributed by atoms with van der Waals surface area (Å²) in [7, 11) is 1.93. The van der Waals surface area contributed by atoms with E-state index in [1.54, 1.807) is 0 Å². The minimum absolute atomic E-state index is 0.00588. The second kappa shape index (κ2) is 5.87. The molecule has 1 aromatic heterocycles. The van der Waals surface area contributed by atoms with Crippen LogP contribution in [0.4, 0.5) is 13.2 Å². The maximum atomic E-state index is 12.1. The van der Waals surface area contributed by atoms with Gasteiger partial charge in [-0.25, -0.2) is 0 Å². The lowest BCUT2D eigenvalue weighted by atomic mass is 10.1. The Morgan fingerprint density at radius 3 is 2.85 bits per heavy atom. The molecule has 2 heterocycles. The average Bonchev–Trinajstić information content (AvgIpc) is 2.94. The first-order valence-corrected chi connectivity index (χ1v) is 6.55. The molecular weight excluding hydrogens is 271 g/mol. The minimum Gasteiger partial charge on any atom is -0.353 e. The van der Waals surface area contributed by atoms with Crippen LogP contribution < -0.4 is 5.32 Å². The van der Waals surface area contributed by atoms with Crippen molar-refractivity contribution in [3.8, 4) is 0 Å².